The van der Waals surface area contributed by atoms with Crippen molar-refractivity contribution in [2.45, 2.75) is 19.4 Å². The lowest BCUT2D eigenvalue weighted by atomic mass is 10.3. The predicted molar refractivity (Wildman–Crippen MR) is 83.8 cm³/mol. The van der Waals surface area contributed by atoms with Crippen molar-refractivity contribution >= 4 is 22.8 Å². The molecule has 0 N–H and O–H groups in total. The van der Waals surface area contributed by atoms with Gasteiger partial charge in [-0.2, -0.15) is 0 Å². The summed E-state index contributed by atoms with van der Waals surface area (Å²) in [6, 6.07) is 3.94. The highest BCUT2D eigenvalue weighted by Crippen LogP contribution is 2.15. The Hall–Kier alpha value is -1.17. The number of pyridine rings is 1. The van der Waals surface area contributed by atoms with E-state index < -0.39 is 0 Å². The van der Waals surface area contributed by atoms with Crippen molar-refractivity contribution in [3.8, 4) is 0 Å². The van der Waals surface area contributed by atoms with Gasteiger partial charge >= 0.3 is 0 Å². The van der Waals surface area contributed by atoms with Crippen LogP contribution < -0.4 is 0 Å². The predicted octanol–water partition coefficient (Wildman–Crippen LogP) is 1.93. The van der Waals surface area contributed by atoms with Gasteiger partial charge in [-0.1, -0.05) is 0 Å². The summed E-state index contributed by atoms with van der Waals surface area (Å²) in [4.78, 5) is 11.6. The van der Waals surface area contributed by atoms with Crippen LogP contribution in [0.3, 0.4) is 0 Å². The Morgan fingerprint density at radius 2 is 2.10 bits per heavy atom. The Bertz CT molecular complexity index is 580. The molecule has 6 heteroatoms. The minimum Gasteiger partial charge on any atom is -0.379 e. The summed E-state index contributed by atoms with van der Waals surface area (Å²) < 4.78 is 7.60. The average Bonchev–Trinajstić information content (AvgIpc) is 2.87. The Morgan fingerprint density at radius 1 is 1.24 bits per heavy atom. The van der Waals surface area contributed by atoms with E-state index in [0.717, 1.165) is 69.2 Å². The molecule has 0 amide bonds. The zero-order valence-electron chi connectivity index (χ0n) is 12.2. The van der Waals surface area contributed by atoms with Gasteiger partial charge in [0.2, 0.25) is 0 Å². The van der Waals surface area contributed by atoms with Crippen LogP contribution in [0.25, 0.3) is 11.2 Å². The molecule has 0 atom stereocenters. The number of alkyl halides is 1. The summed E-state index contributed by atoms with van der Waals surface area (Å²) in [7, 11) is 0. The first kappa shape index (κ1) is 14.8. The molecule has 2 aromatic rings. The van der Waals surface area contributed by atoms with Gasteiger partial charge in [0.25, 0.3) is 0 Å². The standard InChI is InChI=1S/C15H21ClN4O/c16-5-4-14-18-13-3-1-6-17-15(13)20(14)8-2-7-19-9-11-21-12-10-19/h1,3,6H,2,4-5,7-12H2. The molecular weight excluding hydrogens is 288 g/mol. The molecule has 0 spiro atoms. The van der Waals surface area contributed by atoms with E-state index in [1.807, 2.05) is 18.3 Å². The fourth-order valence-corrected chi connectivity index (χ4v) is 2.96. The second kappa shape index (κ2) is 7.20. The van der Waals surface area contributed by atoms with E-state index in [2.05, 4.69) is 19.4 Å². The molecule has 21 heavy (non-hydrogen) atoms. The van der Waals surface area contributed by atoms with Crippen molar-refractivity contribution in [3.05, 3.63) is 24.2 Å². The van der Waals surface area contributed by atoms with Crippen molar-refractivity contribution < 1.29 is 4.74 Å². The molecule has 1 aliphatic heterocycles. The molecule has 3 heterocycles. The third-order valence-electron chi connectivity index (χ3n) is 3.86. The van der Waals surface area contributed by atoms with Crippen LogP contribution >= 0.6 is 11.6 Å². The third-order valence-corrected chi connectivity index (χ3v) is 4.05. The number of hydrogen-bond donors (Lipinski definition) is 0. The number of fused-ring (bicyclic) bond motifs is 1. The fourth-order valence-electron chi connectivity index (χ4n) is 2.79. The first-order valence-corrected chi connectivity index (χ1v) is 8.08. The maximum Gasteiger partial charge on any atom is 0.159 e. The van der Waals surface area contributed by atoms with Crippen LogP contribution in [0.5, 0.6) is 0 Å². The zero-order chi connectivity index (χ0) is 14.5. The van der Waals surface area contributed by atoms with Crippen LogP contribution in [0, 0.1) is 0 Å². The normalized spacial score (nSPS) is 16.6. The lowest BCUT2D eigenvalue weighted by molar-refractivity contribution is 0.0369. The smallest absolute Gasteiger partial charge is 0.159 e. The van der Waals surface area contributed by atoms with E-state index >= 15 is 0 Å². The quantitative estimate of drug-likeness (QED) is 0.765. The Labute approximate surface area is 129 Å². The van der Waals surface area contributed by atoms with Gasteiger partial charge in [0.1, 0.15) is 11.3 Å². The summed E-state index contributed by atoms with van der Waals surface area (Å²) >= 11 is 5.90. The van der Waals surface area contributed by atoms with E-state index in [0.29, 0.717) is 5.88 Å². The highest BCUT2D eigenvalue weighted by molar-refractivity contribution is 6.17. The maximum atomic E-state index is 5.90. The van der Waals surface area contributed by atoms with Crippen molar-refractivity contribution in [1.29, 1.82) is 0 Å². The molecule has 1 saturated heterocycles. The van der Waals surface area contributed by atoms with Gasteiger partial charge in [-0.15, -0.1) is 11.6 Å². The van der Waals surface area contributed by atoms with E-state index in [1.165, 1.54) is 0 Å². The highest BCUT2D eigenvalue weighted by atomic mass is 35.5. The minimum atomic E-state index is 0.590. The molecule has 0 saturated carbocycles. The Morgan fingerprint density at radius 3 is 2.90 bits per heavy atom. The number of aromatic nitrogens is 3. The number of ether oxygens (including phenoxy) is 1. The maximum absolute atomic E-state index is 5.90. The second-order valence-electron chi connectivity index (χ2n) is 5.27. The number of nitrogens with zero attached hydrogens (tertiary/aromatic N) is 4. The van der Waals surface area contributed by atoms with Crippen LogP contribution in [0.1, 0.15) is 12.2 Å². The summed E-state index contributed by atoms with van der Waals surface area (Å²) in [6.07, 6.45) is 3.71. The van der Waals surface area contributed by atoms with Gasteiger partial charge in [0.15, 0.2) is 5.65 Å². The Balaban J connectivity index is 1.68. The molecule has 0 aromatic carbocycles. The SMILES string of the molecule is ClCCc1nc2cccnc2n1CCCN1CCOCC1. The van der Waals surface area contributed by atoms with Gasteiger partial charge in [-0.05, 0) is 18.6 Å². The number of imidazole rings is 1. The number of aryl methyl sites for hydroxylation is 2. The number of halogens is 1. The first-order chi connectivity index (χ1) is 10.4. The summed E-state index contributed by atoms with van der Waals surface area (Å²) in [5.41, 5.74) is 1.93. The molecule has 0 radical (unpaired) electrons. The molecule has 5 nitrogen and oxygen atoms in total. The van der Waals surface area contributed by atoms with Crippen molar-refractivity contribution in [3.63, 3.8) is 0 Å². The van der Waals surface area contributed by atoms with Crippen LogP contribution in [0.4, 0.5) is 0 Å². The van der Waals surface area contributed by atoms with Crippen LogP contribution in [0.15, 0.2) is 18.3 Å². The summed E-state index contributed by atoms with van der Waals surface area (Å²) in [5, 5.41) is 0. The lowest BCUT2D eigenvalue weighted by Gasteiger charge is -2.26. The van der Waals surface area contributed by atoms with Gasteiger partial charge in [0, 0.05) is 44.7 Å². The van der Waals surface area contributed by atoms with Gasteiger partial charge in [0.05, 0.1) is 13.2 Å². The molecule has 0 bridgehead atoms. The van der Waals surface area contributed by atoms with Crippen molar-refractivity contribution in [2.75, 3.05) is 38.7 Å². The molecule has 1 fully saturated rings. The van der Waals surface area contributed by atoms with E-state index in [1.54, 1.807) is 0 Å². The topological polar surface area (TPSA) is 43.2 Å². The summed E-state index contributed by atoms with van der Waals surface area (Å²) in [6.45, 7) is 5.82. The molecular formula is C15H21ClN4O. The third kappa shape index (κ3) is 3.54. The number of hydrogen-bond acceptors (Lipinski definition) is 4. The lowest BCUT2D eigenvalue weighted by Crippen LogP contribution is -2.37. The van der Waals surface area contributed by atoms with Crippen LogP contribution in [-0.2, 0) is 17.7 Å². The fraction of sp³-hybridized carbons (Fsp3) is 0.600. The highest BCUT2D eigenvalue weighted by Gasteiger charge is 2.13. The van der Waals surface area contributed by atoms with Gasteiger partial charge < -0.3 is 9.30 Å². The summed E-state index contributed by atoms with van der Waals surface area (Å²) in [5.74, 6) is 1.63. The molecule has 1 aliphatic rings. The van der Waals surface area contributed by atoms with Crippen LogP contribution in [0.2, 0.25) is 0 Å². The molecule has 0 unspecified atom stereocenters. The van der Waals surface area contributed by atoms with E-state index in [-0.39, 0.29) is 0 Å². The van der Waals surface area contributed by atoms with Gasteiger partial charge in [-0.25, -0.2) is 9.97 Å². The van der Waals surface area contributed by atoms with Crippen LogP contribution in [-0.4, -0.2) is 58.2 Å². The van der Waals surface area contributed by atoms with E-state index in [4.69, 9.17) is 16.3 Å². The molecule has 114 valence electrons. The zero-order valence-corrected chi connectivity index (χ0v) is 12.9. The monoisotopic (exact) mass is 308 g/mol. The largest absolute Gasteiger partial charge is 0.379 e. The van der Waals surface area contributed by atoms with E-state index in [9.17, 15) is 0 Å². The first-order valence-electron chi connectivity index (χ1n) is 7.54. The van der Waals surface area contributed by atoms with Crippen molar-refractivity contribution in [2.24, 2.45) is 0 Å². The number of rotatable bonds is 6. The Kier molecular flexibility index (Phi) is 5.06. The molecule has 3 rings (SSSR count). The minimum absolute atomic E-state index is 0.590. The van der Waals surface area contributed by atoms with Gasteiger partial charge in [-0.3, -0.25) is 4.90 Å². The second-order valence-corrected chi connectivity index (χ2v) is 5.65. The van der Waals surface area contributed by atoms with Crippen molar-refractivity contribution in [1.82, 2.24) is 19.4 Å². The molecule has 0 aliphatic carbocycles. The molecule has 2 aromatic heterocycles. The number of morpholine rings is 1. The average molecular weight is 309 g/mol.